The molecular formula is C10H12FN. The van der Waals surface area contributed by atoms with Gasteiger partial charge in [0.05, 0.1) is 0 Å². The van der Waals surface area contributed by atoms with Crippen LogP contribution in [0.25, 0.3) is 0 Å². The number of rotatable bonds is 0. The fraction of sp³-hybridized carbons (Fsp3) is 0.400. The van der Waals surface area contributed by atoms with Crippen molar-refractivity contribution in [1.82, 2.24) is 5.32 Å². The molecule has 1 aromatic rings. The topological polar surface area (TPSA) is 12.0 Å². The van der Waals surface area contributed by atoms with Crippen LogP contribution >= 0.6 is 0 Å². The summed E-state index contributed by atoms with van der Waals surface area (Å²) in [6, 6.07) is 3.77. The molecule has 64 valence electrons. The van der Waals surface area contributed by atoms with Gasteiger partial charge in [-0.1, -0.05) is 6.07 Å². The molecule has 0 amide bonds. The predicted octanol–water partition coefficient (Wildman–Crippen LogP) is 1.51. The van der Waals surface area contributed by atoms with Crippen LogP contribution in [-0.4, -0.2) is 13.0 Å². The summed E-state index contributed by atoms with van der Waals surface area (Å²) in [5.41, 5.74) is 0.753. The van der Waals surface area contributed by atoms with Gasteiger partial charge in [0.15, 0.2) is 0 Å². The van der Waals surface area contributed by atoms with Crippen molar-refractivity contribution < 1.29 is 9.87 Å². The highest BCUT2D eigenvalue weighted by Crippen LogP contribution is 2.14. The van der Waals surface area contributed by atoms with Crippen LogP contribution in [0.2, 0.25) is 0 Å². The van der Waals surface area contributed by atoms with Crippen LogP contribution in [-0.2, 0) is 12.8 Å². The quantitative estimate of drug-likeness (QED) is 0.621. The first-order valence-electron chi connectivity index (χ1n) is 5.88. The second-order valence-corrected chi connectivity index (χ2v) is 2.73. The Morgan fingerprint density at radius 2 is 2.33 bits per heavy atom. The lowest BCUT2D eigenvalue weighted by molar-refractivity contribution is 0.624. The Balaban J connectivity index is 2.59. The Hall–Kier alpha value is -0.890. The van der Waals surface area contributed by atoms with Crippen molar-refractivity contribution in [3.8, 4) is 0 Å². The molecular weight excluding hydrogens is 153 g/mol. The van der Waals surface area contributed by atoms with Gasteiger partial charge < -0.3 is 5.32 Å². The molecule has 0 saturated carbocycles. The Morgan fingerprint density at radius 3 is 3.25 bits per heavy atom. The highest BCUT2D eigenvalue weighted by molar-refractivity contribution is 5.29. The van der Waals surface area contributed by atoms with Gasteiger partial charge in [0.2, 0.25) is 0 Å². The molecule has 1 nitrogen and oxygen atoms in total. The third-order valence-electron chi connectivity index (χ3n) is 1.87. The molecule has 0 radical (unpaired) electrons. The van der Waals surface area contributed by atoms with Gasteiger partial charge in [0.25, 0.3) is 0 Å². The van der Waals surface area contributed by atoms with E-state index in [1.807, 2.05) is 0 Å². The zero-order valence-corrected chi connectivity index (χ0v) is 6.52. The molecule has 1 aliphatic rings. The van der Waals surface area contributed by atoms with Crippen LogP contribution in [0.5, 0.6) is 0 Å². The lowest BCUT2D eigenvalue weighted by Crippen LogP contribution is -2.16. The SMILES string of the molecule is [2H]C1([2H])NCCc2cc(F)ccc2C1([2H])[2H]. The number of hydrogen-bond donors (Lipinski definition) is 1. The normalized spacial score (nSPS) is 30.1. The summed E-state index contributed by atoms with van der Waals surface area (Å²) >= 11 is 0. The molecule has 0 unspecified atom stereocenters. The molecule has 0 saturated heterocycles. The first-order chi connectivity index (χ1) is 7.34. The molecule has 2 heteroatoms. The third kappa shape index (κ3) is 1.48. The zero-order chi connectivity index (χ0) is 12.0. The van der Waals surface area contributed by atoms with Gasteiger partial charge in [-0.3, -0.25) is 0 Å². The van der Waals surface area contributed by atoms with Crippen molar-refractivity contribution in [3.05, 3.63) is 35.1 Å². The van der Waals surface area contributed by atoms with Gasteiger partial charge >= 0.3 is 0 Å². The van der Waals surface area contributed by atoms with Gasteiger partial charge in [0, 0.05) is 5.48 Å². The average molecular weight is 169 g/mol. The van der Waals surface area contributed by atoms with Crippen LogP contribution in [0.4, 0.5) is 4.39 Å². The average Bonchev–Trinajstić information content (AvgIpc) is 2.23. The maximum absolute atomic E-state index is 13.0. The van der Waals surface area contributed by atoms with Crippen LogP contribution in [0, 0.1) is 5.82 Å². The molecule has 1 aliphatic heterocycles. The molecule has 1 N–H and O–H groups in total. The molecule has 2 rings (SSSR count). The largest absolute Gasteiger partial charge is 0.316 e. The molecule has 1 aromatic carbocycles. The van der Waals surface area contributed by atoms with Gasteiger partial charge in [-0.05, 0) is 49.1 Å². The fourth-order valence-electron chi connectivity index (χ4n) is 1.26. The van der Waals surface area contributed by atoms with Gasteiger partial charge in [-0.2, -0.15) is 0 Å². The van der Waals surface area contributed by atoms with Crippen molar-refractivity contribution in [3.63, 3.8) is 0 Å². The number of aryl methyl sites for hydroxylation is 1. The van der Waals surface area contributed by atoms with E-state index in [1.54, 1.807) is 0 Å². The van der Waals surface area contributed by atoms with Crippen molar-refractivity contribution in [2.45, 2.75) is 12.8 Å². The molecule has 0 aliphatic carbocycles. The van der Waals surface area contributed by atoms with E-state index >= 15 is 0 Å². The third-order valence-corrected chi connectivity index (χ3v) is 1.87. The second kappa shape index (κ2) is 3.23. The van der Waals surface area contributed by atoms with Crippen molar-refractivity contribution in [1.29, 1.82) is 0 Å². The van der Waals surface area contributed by atoms with E-state index < -0.39 is 18.7 Å². The smallest absolute Gasteiger partial charge is 0.123 e. The van der Waals surface area contributed by atoms with E-state index in [0.29, 0.717) is 18.5 Å². The van der Waals surface area contributed by atoms with E-state index in [-0.39, 0.29) is 5.56 Å². The summed E-state index contributed by atoms with van der Waals surface area (Å²) in [5.74, 6) is -0.419. The minimum atomic E-state index is -2.16. The Labute approximate surface area is 77.2 Å². The van der Waals surface area contributed by atoms with E-state index in [1.165, 1.54) is 12.1 Å². The lowest BCUT2D eigenvalue weighted by Gasteiger charge is -2.03. The van der Waals surface area contributed by atoms with E-state index in [4.69, 9.17) is 5.48 Å². The van der Waals surface area contributed by atoms with E-state index in [9.17, 15) is 4.39 Å². The summed E-state index contributed by atoms with van der Waals surface area (Å²) < 4.78 is 44.0. The molecule has 0 bridgehead atoms. The number of halogens is 1. The van der Waals surface area contributed by atoms with E-state index in [0.717, 1.165) is 6.07 Å². The minimum Gasteiger partial charge on any atom is -0.316 e. The zero-order valence-electron chi connectivity index (χ0n) is 10.5. The molecule has 12 heavy (non-hydrogen) atoms. The number of nitrogens with one attached hydrogen (secondary N) is 1. The maximum atomic E-state index is 13.0. The standard InChI is InChI=1S/C10H12FN/c11-10-2-1-8-3-5-12-6-4-9(8)7-10/h1-2,7,12H,3-6H2/i3D2,5D2. The van der Waals surface area contributed by atoms with Gasteiger partial charge in [-0.25, -0.2) is 4.39 Å². The van der Waals surface area contributed by atoms with Gasteiger partial charge in [-0.15, -0.1) is 0 Å². The highest BCUT2D eigenvalue weighted by Gasteiger charge is 2.07. The van der Waals surface area contributed by atoms with E-state index in [2.05, 4.69) is 5.32 Å². The molecule has 0 fully saturated rings. The monoisotopic (exact) mass is 169 g/mol. The molecule has 0 spiro atoms. The molecule has 0 atom stereocenters. The van der Waals surface area contributed by atoms with Crippen LogP contribution in [0.3, 0.4) is 0 Å². The van der Waals surface area contributed by atoms with Crippen LogP contribution in [0.15, 0.2) is 18.2 Å². The summed E-state index contributed by atoms with van der Waals surface area (Å²) in [5, 5.41) is 2.51. The number of fused-ring (bicyclic) bond motifs is 1. The first-order valence-corrected chi connectivity index (χ1v) is 3.88. The molecule has 1 heterocycles. The van der Waals surface area contributed by atoms with Gasteiger partial charge in [0.1, 0.15) is 5.82 Å². The Morgan fingerprint density at radius 1 is 1.42 bits per heavy atom. The Bertz CT molecular complexity index is 419. The number of benzene rings is 1. The van der Waals surface area contributed by atoms with Crippen molar-refractivity contribution in [2.75, 3.05) is 13.0 Å². The van der Waals surface area contributed by atoms with Crippen LogP contribution in [0.1, 0.15) is 16.6 Å². The minimum absolute atomic E-state index is 0.226. The highest BCUT2D eigenvalue weighted by atomic mass is 19.1. The summed E-state index contributed by atoms with van der Waals surface area (Å²) in [6.07, 6.45) is -1.74. The molecule has 0 aromatic heterocycles. The lowest BCUT2D eigenvalue weighted by atomic mass is 10.0. The number of hydrogen-bond acceptors (Lipinski definition) is 1. The fourth-order valence-corrected chi connectivity index (χ4v) is 1.26. The summed E-state index contributed by atoms with van der Waals surface area (Å²) in [6.45, 7) is -1.85. The summed E-state index contributed by atoms with van der Waals surface area (Å²) in [4.78, 5) is 0. The Kier molecular flexibility index (Phi) is 1.18. The first kappa shape index (κ1) is 4.38. The predicted molar refractivity (Wildman–Crippen MR) is 46.7 cm³/mol. The van der Waals surface area contributed by atoms with Crippen LogP contribution < -0.4 is 5.32 Å². The maximum Gasteiger partial charge on any atom is 0.123 e. The van der Waals surface area contributed by atoms with Crippen molar-refractivity contribution in [2.24, 2.45) is 0 Å². The van der Waals surface area contributed by atoms with Crippen molar-refractivity contribution >= 4 is 0 Å². The summed E-state index contributed by atoms with van der Waals surface area (Å²) in [7, 11) is 0. The second-order valence-electron chi connectivity index (χ2n) is 2.73.